The van der Waals surface area contributed by atoms with E-state index in [2.05, 4.69) is 4.98 Å². The van der Waals surface area contributed by atoms with Gasteiger partial charge in [0.2, 0.25) is 0 Å². The molecule has 0 aliphatic rings. The van der Waals surface area contributed by atoms with Crippen LogP contribution in [0.1, 0.15) is 12.5 Å². The van der Waals surface area contributed by atoms with Crippen molar-refractivity contribution in [2.45, 2.75) is 13.0 Å². The Labute approximate surface area is 87.6 Å². The Morgan fingerprint density at radius 2 is 2.27 bits per heavy atom. The van der Waals surface area contributed by atoms with Gasteiger partial charge < -0.3 is 10.7 Å². The molecule has 2 nitrogen and oxygen atoms in total. The first-order valence-electron chi connectivity index (χ1n) is 4.88. The zero-order valence-corrected chi connectivity index (χ0v) is 8.50. The minimum absolute atomic E-state index is 0.0262. The van der Waals surface area contributed by atoms with Crippen LogP contribution in [0.15, 0.2) is 30.5 Å². The molecule has 0 saturated carbocycles. The van der Waals surface area contributed by atoms with Gasteiger partial charge in [0.25, 0.3) is 0 Å². The predicted molar refractivity (Wildman–Crippen MR) is 60.9 cm³/mol. The molecule has 78 valence electrons. The Kier molecular flexibility index (Phi) is 2.56. The number of hydrogen-bond donors (Lipinski definition) is 2. The Hall–Kier alpha value is -1.61. The summed E-state index contributed by atoms with van der Waals surface area (Å²) in [5, 5.41) is 0.620. The van der Waals surface area contributed by atoms with E-state index in [-0.39, 0.29) is 11.9 Å². The summed E-state index contributed by atoms with van der Waals surface area (Å²) in [6, 6.07) is 4.97. The quantitative estimate of drug-likeness (QED) is 0.775. The highest BCUT2D eigenvalue weighted by Gasteiger charge is 2.05. The molecule has 0 amide bonds. The Balaban J connectivity index is 2.53. The minimum atomic E-state index is -0.210. The molecule has 0 radical (unpaired) electrons. The Morgan fingerprint density at radius 1 is 1.47 bits per heavy atom. The highest BCUT2D eigenvalue weighted by molar-refractivity contribution is 5.89. The fourth-order valence-corrected chi connectivity index (χ4v) is 1.55. The smallest absolute Gasteiger partial charge is 0.133 e. The van der Waals surface area contributed by atoms with Crippen molar-refractivity contribution in [2.75, 3.05) is 0 Å². The van der Waals surface area contributed by atoms with Crippen LogP contribution < -0.4 is 5.73 Å². The Bertz CT molecular complexity index is 497. The van der Waals surface area contributed by atoms with E-state index in [1.54, 1.807) is 12.3 Å². The van der Waals surface area contributed by atoms with Crippen molar-refractivity contribution in [2.24, 2.45) is 5.73 Å². The fraction of sp³-hybridized carbons (Fsp3) is 0.167. The van der Waals surface area contributed by atoms with Gasteiger partial charge in [0, 0.05) is 28.7 Å². The first kappa shape index (κ1) is 9.93. The van der Waals surface area contributed by atoms with Gasteiger partial charge in [-0.05, 0) is 19.1 Å². The number of H-pyrrole nitrogens is 1. The summed E-state index contributed by atoms with van der Waals surface area (Å²) < 4.78 is 13.5. The summed E-state index contributed by atoms with van der Waals surface area (Å²) in [6.07, 6.45) is 5.47. The fourth-order valence-electron chi connectivity index (χ4n) is 1.55. The molecule has 1 heterocycles. The highest BCUT2D eigenvalue weighted by Crippen LogP contribution is 2.22. The Morgan fingerprint density at radius 3 is 3.00 bits per heavy atom. The van der Waals surface area contributed by atoms with Gasteiger partial charge in [-0.1, -0.05) is 18.2 Å². The van der Waals surface area contributed by atoms with Crippen LogP contribution in [-0.4, -0.2) is 11.0 Å². The standard InChI is InChI=1S/C12H13FN2/c1-8(14)5-6-9-7-15-11-4-2-3-10(13)12(9)11/h2-8,15H,14H2,1H3/b6-5+. The van der Waals surface area contributed by atoms with E-state index in [4.69, 9.17) is 5.73 Å². The van der Waals surface area contributed by atoms with Gasteiger partial charge in [-0.25, -0.2) is 4.39 Å². The molecule has 1 atom stereocenters. The van der Waals surface area contributed by atoms with E-state index in [1.165, 1.54) is 6.07 Å². The van der Waals surface area contributed by atoms with Crippen molar-refractivity contribution in [1.29, 1.82) is 0 Å². The third kappa shape index (κ3) is 1.92. The van der Waals surface area contributed by atoms with Crippen molar-refractivity contribution >= 4 is 17.0 Å². The molecule has 0 saturated heterocycles. The molecule has 0 spiro atoms. The van der Waals surface area contributed by atoms with Crippen molar-refractivity contribution in [3.63, 3.8) is 0 Å². The van der Waals surface area contributed by atoms with Gasteiger partial charge in [0.1, 0.15) is 5.82 Å². The number of nitrogens with two attached hydrogens (primary N) is 1. The first-order valence-corrected chi connectivity index (χ1v) is 4.88. The first-order chi connectivity index (χ1) is 7.18. The van der Waals surface area contributed by atoms with Gasteiger partial charge >= 0.3 is 0 Å². The van der Waals surface area contributed by atoms with Crippen LogP contribution in [0.25, 0.3) is 17.0 Å². The summed E-state index contributed by atoms with van der Waals surface area (Å²) in [4.78, 5) is 3.02. The molecule has 0 fully saturated rings. The second-order valence-corrected chi connectivity index (χ2v) is 3.62. The van der Waals surface area contributed by atoms with E-state index in [0.717, 1.165) is 11.1 Å². The lowest BCUT2D eigenvalue weighted by Crippen LogP contribution is -2.09. The van der Waals surface area contributed by atoms with Crippen molar-refractivity contribution < 1.29 is 4.39 Å². The third-order valence-electron chi connectivity index (χ3n) is 2.26. The lowest BCUT2D eigenvalue weighted by Gasteiger charge is -1.96. The topological polar surface area (TPSA) is 41.8 Å². The van der Waals surface area contributed by atoms with Crippen LogP contribution in [0.2, 0.25) is 0 Å². The highest BCUT2D eigenvalue weighted by atomic mass is 19.1. The van der Waals surface area contributed by atoms with Crippen LogP contribution in [0.4, 0.5) is 4.39 Å². The molecule has 15 heavy (non-hydrogen) atoms. The van der Waals surface area contributed by atoms with Gasteiger partial charge in [-0.15, -0.1) is 0 Å². The molecule has 1 aromatic carbocycles. The third-order valence-corrected chi connectivity index (χ3v) is 2.26. The predicted octanol–water partition coefficient (Wildman–Crippen LogP) is 2.67. The second kappa shape index (κ2) is 3.87. The lowest BCUT2D eigenvalue weighted by atomic mass is 10.1. The molecule has 3 N–H and O–H groups in total. The van der Waals surface area contributed by atoms with Gasteiger partial charge in [0.05, 0.1) is 0 Å². The number of nitrogens with one attached hydrogen (secondary N) is 1. The van der Waals surface area contributed by atoms with Crippen LogP contribution in [0.5, 0.6) is 0 Å². The van der Waals surface area contributed by atoms with E-state index >= 15 is 0 Å². The molecular weight excluding hydrogens is 191 g/mol. The van der Waals surface area contributed by atoms with Crippen LogP contribution in [0, 0.1) is 5.82 Å². The molecule has 0 aliphatic heterocycles. The average molecular weight is 204 g/mol. The summed E-state index contributed by atoms with van der Waals surface area (Å²) in [7, 11) is 0. The summed E-state index contributed by atoms with van der Waals surface area (Å²) >= 11 is 0. The summed E-state index contributed by atoms with van der Waals surface area (Å²) in [6.45, 7) is 1.88. The maximum absolute atomic E-state index is 13.5. The monoisotopic (exact) mass is 204 g/mol. The molecule has 2 rings (SSSR count). The number of aromatic amines is 1. The molecule has 0 bridgehead atoms. The molecule has 1 aromatic heterocycles. The maximum Gasteiger partial charge on any atom is 0.133 e. The number of benzene rings is 1. The normalized spacial score (nSPS) is 13.8. The van der Waals surface area contributed by atoms with Crippen LogP contribution in [-0.2, 0) is 0 Å². The van der Waals surface area contributed by atoms with Crippen molar-refractivity contribution in [3.05, 3.63) is 41.9 Å². The molecule has 2 aromatic rings. The van der Waals surface area contributed by atoms with Crippen molar-refractivity contribution in [1.82, 2.24) is 4.98 Å². The van der Waals surface area contributed by atoms with Crippen molar-refractivity contribution in [3.8, 4) is 0 Å². The summed E-state index contributed by atoms with van der Waals surface area (Å²) in [5.74, 6) is -0.210. The largest absolute Gasteiger partial charge is 0.360 e. The average Bonchev–Trinajstić information content (AvgIpc) is 2.59. The zero-order valence-electron chi connectivity index (χ0n) is 8.50. The zero-order chi connectivity index (χ0) is 10.8. The van der Waals surface area contributed by atoms with E-state index in [0.29, 0.717) is 5.39 Å². The number of aromatic nitrogens is 1. The second-order valence-electron chi connectivity index (χ2n) is 3.62. The van der Waals surface area contributed by atoms with Crippen LogP contribution >= 0.6 is 0 Å². The van der Waals surface area contributed by atoms with E-state index in [9.17, 15) is 4.39 Å². The maximum atomic E-state index is 13.5. The van der Waals surface area contributed by atoms with Crippen LogP contribution in [0.3, 0.4) is 0 Å². The minimum Gasteiger partial charge on any atom is -0.360 e. The summed E-state index contributed by atoms with van der Waals surface area (Å²) in [5.41, 5.74) is 7.24. The number of halogens is 1. The molecule has 3 heteroatoms. The number of fused-ring (bicyclic) bond motifs is 1. The lowest BCUT2D eigenvalue weighted by molar-refractivity contribution is 0.640. The van der Waals surface area contributed by atoms with Gasteiger partial charge in [0.15, 0.2) is 0 Å². The SMILES string of the molecule is CC(N)/C=C/c1c[nH]c2cccc(F)c12. The molecule has 1 unspecified atom stereocenters. The molecule has 0 aliphatic carbocycles. The number of hydrogen-bond acceptors (Lipinski definition) is 1. The number of rotatable bonds is 2. The van der Waals surface area contributed by atoms with Gasteiger partial charge in [-0.2, -0.15) is 0 Å². The van der Waals surface area contributed by atoms with E-state index in [1.807, 2.05) is 25.1 Å². The molecular formula is C12H13FN2. The van der Waals surface area contributed by atoms with E-state index < -0.39 is 0 Å². The van der Waals surface area contributed by atoms with Gasteiger partial charge in [-0.3, -0.25) is 0 Å².